The first-order chi connectivity index (χ1) is 19.1. The number of phenols is 1. The van der Waals surface area contributed by atoms with Crippen molar-refractivity contribution in [3.63, 3.8) is 0 Å². The number of imidazole rings is 1. The van der Waals surface area contributed by atoms with Crippen LogP contribution < -0.4 is 5.73 Å². The molecule has 0 saturated carbocycles. The van der Waals surface area contributed by atoms with E-state index in [2.05, 4.69) is 41.4 Å². The molecule has 0 bridgehead atoms. The standard InChI is InChI=1S/C33H30N4O2/c34-28(19-22-15-17-27(38)18-16-22)33(39)37-21-26-14-8-7-13-25(26)20-29(37)32-35-30(23-9-3-1-4-10-23)31(36-32)24-11-5-2-6-12-24/h1-18,28-29,38H,19-21,34H2,(H,35,36)/t28-,29?/m0/s1. The van der Waals surface area contributed by atoms with Gasteiger partial charge in [-0.15, -0.1) is 0 Å². The Morgan fingerprint density at radius 2 is 1.49 bits per heavy atom. The van der Waals surface area contributed by atoms with Gasteiger partial charge in [-0.05, 0) is 35.2 Å². The third-order valence-electron chi connectivity index (χ3n) is 7.39. The topological polar surface area (TPSA) is 95.2 Å². The molecule has 1 amide bonds. The van der Waals surface area contributed by atoms with E-state index in [0.29, 0.717) is 19.4 Å². The predicted molar refractivity (Wildman–Crippen MR) is 153 cm³/mol. The Balaban J connectivity index is 1.40. The van der Waals surface area contributed by atoms with E-state index in [0.717, 1.165) is 39.5 Å². The summed E-state index contributed by atoms with van der Waals surface area (Å²) < 4.78 is 0. The molecule has 6 heteroatoms. The number of carbonyl (C=O) groups is 1. The number of carbonyl (C=O) groups excluding carboxylic acids is 1. The molecule has 0 radical (unpaired) electrons. The summed E-state index contributed by atoms with van der Waals surface area (Å²) in [5, 5.41) is 9.63. The smallest absolute Gasteiger partial charge is 0.240 e. The monoisotopic (exact) mass is 514 g/mol. The van der Waals surface area contributed by atoms with Gasteiger partial charge in [0.15, 0.2) is 0 Å². The summed E-state index contributed by atoms with van der Waals surface area (Å²) in [7, 11) is 0. The van der Waals surface area contributed by atoms with E-state index in [1.165, 1.54) is 5.56 Å². The number of aromatic hydroxyl groups is 1. The Hall–Kier alpha value is -4.68. The molecule has 6 nitrogen and oxygen atoms in total. The van der Waals surface area contributed by atoms with Crippen molar-refractivity contribution in [2.75, 3.05) is 0 Å². The van der Waals surface area contributed by atoms with Crippen molar-refractivity contribution in [1.29, 1.82) is 0 Å². The van der Waals surface area contributed by atoms with E-state index in [1.54, 1.807) is 24.3 Å². The molecule has 0 saturated heterocycles. The number of H-pyrrole nitrogens is 1. The van der Waals surface area contributed by atoms with Gasteiger partial charge in [-0.1, -0.05) is 97.1 Å². The lowest BCUT2D eigenvalue weighted by molar-refractivity contribution is -0.136. The Kier molecular flexibility index (Phi) is 6.69. The maximum atomic E-state index is 13.9. The van der Waals surface area contributed by atoms with Crippen LogP contribution in [0.25, 0.3) is 22.5 Å². The predicted octanol–water partition coefficient (Wildman–Crippen LogP) is 5.65. The molecular weight excluding hydrogens is 484 g/mol. The molecule has 6 rings (SSSR count). The minimum absolute atomic E-state index is 0.124. The molecule has 2 atom stereocenters. The highest BCUT2D eigenvalue weighted by molar-refractivity contribution is 5.83. The van der Waals surface area contributed by atoms with Gasteiger partial charge in [0.2, 0.25) is 5.91 Å². The summed E-state index contributed by atoms with van der Waals surface area (Å²) in [4.78, 5) is 24.5. The van der Waals surface area contributed by atoms with Crippen molar-refractivity contribution in [1.82, 2.24) is 14.9 Å². The van der Waals surface area contributed by atoms with Crippen LogP contribution in [0.4, 0.5) is 0 Å². The largest absolute Gasteiger partial charge is 0.508 e. The number of nitrogens with zero attached hydrogens (tertiary/aromatic N) is 2. The van der Waals surface area contributed by atoms with E-state index in [-0.39, 0.29) is 17.7 Å². The molecule has 5 aromatic rings. The third-order valence-corrected chi connectivity index (χ3v) is 7.39. The Morgan fingerprint density at radius 3 is 2.18 bits per heavy atom. The summed E-state index contributed by atoms with van der Waals surface area (Å²) in [6.07, 6.45) is 1.02. The summed E-state index contributed by atoms with van der Waals surface area (Å²) in [5.41, 5.74) is 13.6. The third kappa shape index (κ3) is 5.07. The number of benzene rings is 4. The van der Waals surface area contributed by atoms with Gasteiger partial charge in [-0.25, -0.2) is 4.98 Å². The lowest BCUT2D eigenvalue weighted by atomic mass is 9.92. The second kappa shape index (κ2) is 10.6. The summed E-state index contributed by atoms with van der Waals surface area (Å²) in [6.45, 7) is 0.463. The van der Waals surface area contributed by atoms with Crippen molar-refractivity contribution in [2.24, 2.45) is 5.73 Å². The fraction of sp³-hybridized carbons (Fsp3) is 0.152. The van der Waals surface area contributed by atoms with Crippen LogP contribution in [0.5, 0.6) is 5.75 Å². The van der Waals surface area contributed by atoms with Crippen LogP contribution in [0.2, 0.25) is 0 Å². The van der Waals surface area contributed by atoms with Crippen molar-refractivity contribution in [3.8, 4) is 28.3 Å². The van der Waals surface area contributed by atoms with Crippen molar-refractivity contribution < 1.29 is 9.90 Å². The van der Waals surface area contributed by atoms with Gasteiger partial charge in [0.25, 0.3) is 0 Å². The molecule has 1 aliphatic heterocycles. The van der Waals surface area contributed by atoms with Gasteiger partial charge >= 0.3 is 0 Å². The minimum atomic E-state index is -0.723. The highest BCUT2D eigenvalue weighted by atomic mass is 16.3. The highest BCUT2D eigenvalue weighted by Gasteiger charge is 2.35. The number of rotatable bonds is 6. The second-order valence-electron chi connectivity index (χ2n) is 10.0. The molecular formula is C33H30N4O2. The zero-order chi connectivity index (χ0) is 26.8. The van der Waals surface area contributed by atoms with Crippen LogP contribution in [-0.2, 0) is 24.2 Å². The summed E-state index contributed by atoms with van der Waals surface area (Å²) >= 11 is 0. The zero-order valence-corrected chi connectivity index (χ0v) is 21.5. The van der Waals surface area contributed by atoms with E-state index in [1.807, 2.05) is 53.4 Å². The highest BCUT2D eigenvalue weighted by Crippen LogP contribution is 2.37. The lowest BCUT2D eigenvalue weighted by Gasteiger charge is -2.37. The van der Waals surface area contributed by atoms with Crippen molar-refractivity contribution in [3.05, 3.63) is 132 Å². The fourth-order valence-electron chi connectivity index (χ4n) is 5.35. The van der Waals surface area contributed by atoms with Gasteiger partial charge in [0, 0.05) is 24.1 Å². The van der Waals surface area contributed by atoms with Gasteiger partial charge in [0.05, 0.1) is 23.5 Å². The molecule has 0 aliphatic carbocycles. The molecule has 2 heterocycles. The van der Waals surface area contributed by atoms with Crippen LogP contribution in [0.3, 0.4) is 0 Å². The Bertz CT molecular complexity index is 1520. The first kappa shape index (κ1) is 24.6. The molecule has 1 aliphatic rings. The number of amides is 1. The molecule has 4 aromatic carbocycles. The van der Waals surface area contributed by atoms with Crippen LogP contribution in [0.15, 0.2) is 109 Å². The quantitative estimate of drug-likeness (QED) is 0.273. The Labute approximate surface area is 227 Å². The number of nitrogens with two attached hydrogens (primary N) is 1. The molecule has 0 fully saturated rings. The first-order valence-electron chi connectivity index (χ1n) is 13.2. The van der Waals surface area contributed by atoms with Crippen LogP contribution in [-0.4, -0.2) is 31.9 Å². The number of aromatic amines is 1. The number of hydrogen-bond acceptors (Lipinski definition) is 4. The van der Waals surface area contributed by atoms with Gasteiger partial charge in [-0.2, -0.15) is 0 Å². The summed E-state index contributed by atoms with van der Waals surface area (Å²) in [5.74, 6) is 0.807. The normalized spacial score (nSPS) is 15.5. The molecule has 0 spiro atoms. The summed E-state index contributed by atoms with van der Waals surface area (Å²) in [6, 6.07) is 34.3. The van der Waals surface area contributed by atoms with Crippen molar-refractivity contribution >= 4 is 5.91 Å². The van der Waals surface area contributed by atoms with E-state index >= 15 is 0 Å². The van der Waals surface area contributed by atoms with E-state index < -0.39 is 6.04 Å². The van der Waals surface area contributed by atoms with Gasteiger partial charge < -0.3 is 20.7 Å². The van der Waals surface area contributed by atoms with E-state index in [9.17, 15) is 9.90 Å². The van der Waals surface area contributed by atoms with Crippen LogP contribution >= 0.6 is 0 Å². The second-order valence-corrected chi connectivity index (χ2v) is 10.0. The molecule has 194 valence electrons. The lowest BCUT2D eigenvalue weighted by Crippen LogP contribution is -2.48. The van der Waals surface area contributed by atoms with E-state index in [4.69, 9.17) is 10.7 Å². The van der Waals surface area contributed by atoms with Gasteiger partial charge in [-0.3, -0.25) is 4.79 Å². The van der Waals surface area contributed by atoms with Crippen LogP contribution in [0.1, 0.15) is 28.6 Å². The number of nitrogens with one attached hydrogen (secondary N) is 1. The first-order valence-corrected chi connectivity index (χ1v) is 13.2. The maximum absolute atomic E-state index is 13.9. The fourth-order valence-corrected chi connectivity index (χ4v) is 5.35. The molecule has 39 heavy (non-hydrogen) atoms. The molecule has 1 unspecified atom stereocenters. The molecule has 4 N–H and O–H groups in total. The number of fused-ring (bicyclic) bond motifs is 1. The average Bonchev–Trinajstić information content (AvgIpc) is 3.44. The molecule has 1 aromatic heterocycles. The maximum Gasteiger partial charge on any atom is 0.240 e. The number of phenolic OH excluding ortho intramolecular Hbond substituents is 1. The van der Waals surface area contributed by atoms with Crippen molar-refractivity contribution in [2.45, 2.75) is 31.5 Å². The SMILES string of the molecule is N[C@@H](Cc1ccc(O)cc1)C(=O)N1Cc2ccccc2CC1c1nc(-c2ccccc2)c(-c2ccccc2)[nH]1. The number of hydrogen-bond donors (Lipinski definition) is 3. The van der Waals surface area contributed by atoms with Gasteiger partial charge in [0.1, 0.15) is 11.6 Å². The minimum Gasteiger partial charge on any atom is -0.508 e. The Morgan fingerprint density at radius 1 is 0.872 bits per heavy atom. The zero-order valence-electron chi connectivity index (χ0n) is 21.5. The average molecular weight is 515 g/mol. The van der Waals surface area contributed by atoms with Crippen LogP contribution in [0, 0.1) is 0 Å². The number of aromatic nitrogens is 2.